The molecule has 1 saturated heterocycles. The predicted octanol–water partition coefficient (Wildman–Crippen LogP) is 2.39. The molecular formula is C16H19NO4S2. The standard InChI is InChI=1S/C16H19NO4S2/c1-20-14-6-4-13(5-7-14)11-15-12-17(8-9-21-15)23(18,19)16-3-2-10-22-16/h2-7,10,15H,8-9,11-12H2,1H3/t15-/m1/s1. The molecule has 2 heterocycles. The second-order valence-corrected chi connectivity index (χ2v) is 8.45. The summed E-state index contributed by atoms with van der Waals surface area (Å²) in [6, 6.07) is 11.2. The van der Waals surface area contributed by atoms with E-state index in [2.05, 4.69) is 0 Å². The molecule has 0 bridgehead atoms. The highest BCUT2D eigenvalue weighted by molar-refractivity contribution is 7.91. The summed E-state index contributed by atoms with van der Waals surface area (Å²) in [6.07, 6.45) is 0.548. The molecular weight excluding hydrogens is 334 g/mol. The first-order valence-electron chi connectivity index (χ1n) is 7.38. The van der Waals surface area contributed by atoms with E-state index in [4.69, 9.17) is 9.47 Å². The minimum atomic E-state index is -3.40. The van der Waals surface area contributed by atoms with Gasteiger partial charge in [-0.2, -0.15) is 4.31 Å². The van der Waals surface area contributed by atoms with Crippen molar-refractivity contribution in [1.29, 1.82) is 0 Å². The van der Waals surface area contributed by atoms with Gasteiger partial charge in [0.25, 0.3) is 10.0 Å². The fourth-order valence-corrected chi connectivity index (χ4v) is 5.20. The van der Waals surface area contributed by atoms with E-state index in [1.54, 1.807) is 24.6 Å². The van der Waals surface area contributed by atoms with Crippen LogP contribution in [-0.4, -0.2) is 45.6 Å². The highest BCUT2D eigenvalue weighted by Gasteiger charge is 2.31. The highest BCUT2D eigenvalue weighted by Crippen LogP contribution is 2.24. The zero-order chi connectivity index (χ0) is 16.3. The second-order valence-electron chi connectivity index (χ2n) is 5.34. The van der Waals surface area contributed by atoms with Gasteiger partial charge in [0.1, 0.15) is 9.96 Å². The Hall–Kier alpha value is -1.41. The van der Waals surface area contributed by atoms with Crippen molar-refractivity contribution in [1.82, 2.24) is 4.31 Å². The molecule has 0 radical (unpaired) electrons. The van der Waals surface area contributed by atoms with Gasteiger partial charge in [-0.3, -0.25) is 0 Å². The minimum Gasteiger partial charge on any atom is -0.497 e. The van der Waals surface area contributed by atoms with Crippen LogP contribution in [0.3, 0.4) is 0 Å². The predicted molar refractivity (Wildman–Crippen MR) is 89.5 cm³/mol. The summed E-state index contributed by atoms with van der Waals surface area (Å²) in [7, 11) is -1.77. The van der Waals surface area contributed by atoms with Crippen LogP contribution in [-0.2, 0) is 21.2 Å². The van der Waals surface area contributed by atoms with E-state index in [0.717, 1.165) is 11.3 Å². The monoisotopic (exact) mass is 353 g/mol. The molecule has 1 aromatic heterocycles. The van der Waals surface area contributed by atoms with E-state index in [-0.39, 0.29) is 6.10 Å². The largest absolute Gasteiger partial charge is 0.497 e. The number of thiophene rings is 1. The Morgan fingerprint density at radius 1 is 1.30 bits per heavy atom. The molecule has 0 saturated carbocycles. The molecule has 1 fully saturated rings. The Bertz CT molecular complexity index is 726. The van der Waals surface area contributed by atoms with Crippen LogP contribution in [0.4, 0.5) is 0 Å². The molecule has 0 aliphatic carbocycles. The first-order chi connectivity index (χ1) is 11.1. The van der Waals surface area contributed by atoms with E-state index < -0.39 is 10.0 Å². The Kier molecular flexibility index (Phi) is 5.01. The normalized spacial score (nSPS) is 19.6. The van der Waals surface area contributed by atoms with Crippen LogP contribution in [0, 0.1) is 0 Å². The fraction of sp³-hybridized carbons (Fsp3) is 0.375. The SMILES string of the molecule is COc1ccc(C[C@@H]2CN(S(=O)(=O)c3cccs3)CCO2)cc1. The number of rotatable bonds is 5. The van der Waals surface area contributed by atoms with E-state index in [1.165, 1.54) is 15.6 Å². The van der Waals surface area contributed by atoms with Gasteiger partial charge in [0.05, 0.1) is 19.8 Å². The van der Waals surface area contributed by atoms with Crippen molar-refractivity contribution in [3.05, 3.63) is 47.3 Å². The average Bonchev–Trinajstić information content (AvgIpc) is 3.11. The van der Waals surface area contributed by atoms with E-state index in [1.807, 2.05) is 24.3 Å². The average molecular weight is 353 g/mol. The van der Waals surface area contributed by atoms with Crippen molar-refractivity contribution in [3.8, 4) is 5.75 Å². The van der Waals surface area contributed by atoms with Crippen molar-refractivity contribution in [3.63, 3.8) is 0 Å². The third kappa shape index (κ3) is 3.74. The quantitative estimate of drug-likeness (QED) is 0.828. The number of benzene rings is 1. The van der Waals surface area contributed by atoms with Crippen LogP contribution in [0.5, 0.6) is 5.75 Å². The molecule has 5 nitrogen and oxygen atoms in total. The molecule has 0 spiro atoms. The molecule has 3 rings (SSSR count). The fourth-order valence-electron chi connectivity index (χ4n) is 2.60. The van der Waals surface area contributed by atoms with Crippen molar-refractivity contribution < 1.29 is 17.9 Å². The summed E-state index contributed by atoms with van der Waals surface area (Å²) in [5.74, 6) is 0.806. The summed E-state index contributed by atoms with van der Waals surface area (Å²) in [6.45, 7) is 1.21. The van der Waals surface area contributed by atoms with Gasteiger partial charge in [0.2, 0.25) is 0 Å². The highest BCUT2D eigenvalue weighted by atomic mass is 32.2. The molecule has 0 unspecified atom stereocenters. The van der Waals surface area contributed by atoms with Crippen LogP contribution in [0.25, 0.3) is 0 Å². The maximum Gasteiger partial charge on any atom is 0.252 e. The van der Waals surface area contributed by atoms with Gasteiger partial charge in [-0.05, 0) is 35.6 Å². The first kappa shape index (κ1) is 16.4. The number of ether oxygens (including phenoxy) is 2. The van der Waals surface area contributed by atoms with E-state index in [0.29, 0.717) is 30.3 Å². The summed E-state index contributed by atoms with van der Waals surface area (Å²) in [4.78, 5) is 0. The molecule has 0 N–H and O–H groups in total. The number of sulfonamides is 1. The lowest BCUT2D eigenvalue weighted by Crippen LogP contribution is -2.46. The smallest absolute Gasteiger partial charge is 0.252 e. The zero-order valence-corrected chi connectivity index (χ0v) is 14.5. The molecule has 1 aliphatic heterocycles. The Morgan fingerprint density at radius 2 is 2.09 bits per heavy atom. The lowest BCUT2D eigenvalue weighted by molar-refractivity contribution is -0.000444. The van der Waals surface area contributed by atoms with Crippen LogP contribution in [0.2, 0.25) is 0 Å². The van der Waals surface area contributed by atoms with Gasteiger partial charge in [-0.1, -0.05) is 18.2 Å². The number of methoxy groups -OCH3 is 1. The maximum atomic E-state index is 12.6. The molecule has 124 valence electrons. The summed E-state index contributed by atoms with van der Waals surface area (Å²) in [5, 5.41) is 1.78. The summed E-state index contributed by atoms with van der Waals surface area (Å²) >= 11 is 1.25. The number of hydrogen-bond donors (Lipinski definition) is 0. The van der Waals surface area contributed by atoms with Crippen molar-refractivity contribution >= 4 is 21.4 Å². The number of nitrogens with zero attached hydrogens (tertiary/aromatic N) is 1. The Labute approximate surface area is 140 Å². The van der Waals surface area contributed by atoms with Gasteiger partial charge in [0.15, 0.2) is 0 Å². The lowest BCUT2D eigenvalue weighted by atomic mass is 10.1. The van der Waals surface area contributed by atoms with E-state index >= 15 is 0 Å². The van der Waals surface area contributed by atoms with Gasteiger partial charge in [-0.25, -0.2) is 8.42 Å². The number of morpholine rings is 1. The summed E-state index contributed by atoms with van der Waals surface area (Å²) in [5.41, 5.74) is 1.10. The van der Waals surface area contributed by atoms with Crippen molar-refractivity contribution in [2.75, 3.05) is 26.8 Å². The minimum absolute atomic E-state index is 0.133. The van der Waals surface area contributed by atoms with Crippen molar-refractivity contribution in [2.24, 2.45) is 0 Å². The Morgan fingerprint density at radius 3 is 2.74 bits per heavy atom. The van der Waals surface area contributed by atoms with Crippen LogP contribution in [0.1, 0.15) is 5.56 Å². The molecule has 1 aliphatic rings. The van der Waals surface area contributed by atoms with Crippen molar-refractivity contribution in [2.45, 2.75) is 16.7 Å². The molecule has 0 amide bonds. The molecule has 23 heavy (non-hydrogen) atoms. The maximum absolute atomic E-state index is 12.6. The topological polar surface area (TPSA) is 55.8 Å². The van der Waals surface area contributed by atoms with Gasteiger partial charge in [0, 0.05) is 13.1 Å². The third-order valence-corrected chi connectivity index (χ3v) is 7.05. The summed E-state index contributed by atoms with van der Waals surface area (Å²) < 4.78 is 38.0. The van der Waals surface area contributed by atoms with Crippen LogP contribution >= 0.6 is 11.3 Å². The molecule has 7 heteroatoms. The Balaban J connectivity index is 1.68. The van der Waals surface area contributed by atoms with E-state index in [9.17, 15) is 8.42 Å². The first-order valence-corrected chi connectivity index (χ1v) is 9.70. The molecule has 1 atom stereocenters. The third-order valence-electron chi connectivity index (χ3n) is 3.81. The van der Waals surface area contributed by atoms with Crippen LogP contribution < -0.4 is 4.74 Å². The second kappa shape index (κ2) is 7.00. The van der Waals surface area contributed by atoms with Crippen LogP contribution in [0.15, 0.2) is 46.0 Å². The van der Waals surface area contributed by atoms with Gasteiger partial charge in [-0.15, -0.1) is 11.3 Å². The van der Waals surface area contributed by atoms with Gasteiger partial charge < -0.3 is 9.47 Å². The zero-order valence-electron chi connectivity index (χ0n) is 12.8. The molecule has 1 aromatic carbocycles. The molecule has 2 aromatic rings. The van der Waals surface area contributed by atoms with Gasteiger partial charge >= 0.3 is 0 Å². The lowest BCUT2D eigenvalue weighted by Gasteiger charge is -2.31. The number of hydrogen-bond acceptors (Lipinski definition) is 5.